The van der Waals surface area contributed by atoms with Gasteiger partial charge in [0, 0.05) is 5.56 Å². The average molecular weight is 400 g/mol. The third-order valence-electron chi connectivity index (χ3n) is 3.93. The fraction of sp³-hybridized carbons (Fsp3) is 0.235. The normalized spacial score (nSPS) is 16.5. The van der Waals surface area contributed by atoms with E-state index in [-0.39, 0.29) is 6.61 Å². The zero-order valence-electron chi connectivity index (χ0n) is 13.8. The lowest BCUT2D eigenvalue weighted by Gasteiger charge is -2.13. The molecule has 0 saturated heterocycles. The number of rotatable bonds is 5. The lowest BCUT2D eigenvalue weighted by molar-refractivity contribution is -0.137. The summed E-state index contributed by atoms with van der Waals surface area (Å²) in [7, 11) is -4.27. The van der Waals surface area contributed by atoms with E-state index in [1.165, 1.54) is 0 Å². The van der Waals surface area contributed by atoms with Crippen molar-refractivity contribution in [2.24, 2.45) is 0 Å². The number of sulfonamides is 1. The van der Waals surface area contributed by atoms with E-state index in [4.69, 9.17) is 4.74 Å². The molecule has 10 heteroatoms. The molecule has 1 aliphatic rings. The fourth-order valence-electron chi connectivity index (χ4n) is 2.61. The molecule has 3 rings (SSSR count). The maximum absolute atomic E-state index is 12.7. The summed E-state index contributed by atoms with van der Waals surface area (Å²) in [5.74, 6) is 0.00296. The Balaban J connectivity index is 1.63. The predicted molar refractivity (Wildman–Crippen MR) is 89.5 cm³/mol. The summed E-state index contributed by atoms with van der Waals surface area (Å²) < 4.78 is 69.9. The van der Waals surface area contributed by atoms with Crippen LogP contribution in [0, 0.1) is 0 Å². The molecule has 144 valence electrons. The van der Waals surface area contributed by atoms with Crippen LogP contribution in [0.4, 0.5) is 13.2 Å². The molecule has 1 heterocycles. The molecule has 27 heavy (non-hydrogen) atoms. The first kappa shape index (κ1) is 19.2. The summed E-state index contributed by atoms with van der Waals surface area (Å²) >= 11 is 0. The Labute approximate surface area is 153 Å². The molecule has 0 aliphatic carbocycles. The SMILES string of the molecule is O=C(CNS(=O)(=O)c1cccc(C(F)(F)F)c1)NC1COc2ccccc21. The van der Waals surface area contributed by atoms with Crippen molar-refractivity contribution in [2.45, 2.75) is 17.1 Å². The average Bonchev–Trinajstić information content (AvgIpc) is 3.03. The Kier molecular flexibility index (Phi) is 5.11. The van der Waals surface area contributed by atoms with Gasteiger partial charge in [-0.2, -0.15) is 13.2 Å². The van der Waals surface area contributed by atoms with Crippen LogP contribution in [0.3, 0.4) is 0 Å². The maximum atomic E-state index is 12.7. The van der Waals surface area contributed by atoms with E-state index >= 15 is 0 Å². The number of para-hydroxylation sites is 1. The Morgan fingerprint density at radius 2 is 1.89 bits per heavy atom. The van der Waals surface area contributed by atoms with E-state index in [1.54, 1.807) is 24.3 Å². The fourth-order valence-corrected chi connectivity index (χ4v) is 3.64. The summed E-state index contributed by atoms with van der Waals surface area (Å²) in [5.41, 5.74) is -0.318. The zero-order valence-corrected chi connectivity index (χ0v) is 14.6. The van der Waals surface area contributed by atoms with Crippen molar-refractivity contribution in [3.8, 4) is 5.75 Å². The molecular weight excluding hydrogens is 385 g/mol. The third-order valence-corrected chi connectivity index (χ3v) is 5.33. The Morgan fingerprint density at radius 3 is 2.63 bits per heavy atom. The molecule has 1 atom stereocenters. The van der Waals surface area contributed by atoms with E-state index in [0.717, 1.165) is 23.8 Å². The molecule has 0 bridgehead atoms. The Morgan fingerprint density at radius 1 is 1.15 bits per heavy atom. The van der Waals surface area contributed by atoms with Crippen LogP contribution in [-0.4, -0.2) is 27.5 Å². The van der Waals surface area contributed by atoms with Crippen LogP contribution in [-0.2, 0) is 21.0 Å². The van der Waals surface area contributed by atoms with Crippen molar-refractivity contribution in [1.29, 1.82) is 0 Å². The van der Waals surface area contributed by atoms with Crippen molar-refractivity contribution in [3.63, 3.8) is 0 Å². The van der Waals surface area contributed by atoms with E-state index in [1.807, 2.05) is 4.72 Å². The zero-order chi connectivity index (χ0) is 19.7. The highest BCUT2D eigenvalue weighted by atomic mass is 32.2. The minimum Gasteiger partial charge on any atom is -0.491 e. The molecule has 1 amide bonds. The Hall–Kier alpha value is -2.59. The second-order valence-electron chi connectivity index (χ2n) is 5.82. The quantitative estimate of drug-likeness (QED) is 0.806. The molecule has 0 radical (unpaired) electrons. The van der Waals surface area contributed by atoms with Crippen LogP contribution in [0.2, 0.25) is 0 Å². The first-order chi connectivity index (χ1) is 12.7. The number of amides is 1. The highest BCUT2D eigenvalue weighted by Crippen LogP contribution is 2.32. The van der Waals surface area contributed by atoms with Gasteiger partial charge in [-0.15, -0.1) is 0 Å². The van der Waals surface area contributed by atoms with E-state index < -0.39 is 45.2 Å². The molecule has 1 unspecified atom stereocenters. The molecule has 2 aromatic carbocycles. The first-order valence-corrected chi connectivity index (χ1v) is 9.33. The van der Waals surface area contributed by atoms with E-state index in [0.29, 0.717) is 11.8 Å². The summed E-state index contributed by atoms with van der Waals surface area (Å²) in [6.07, 6.45) is -4.67. The van der Waals surface area contributed by atoms with Crippen LogP contribution in [0.1, 0.15) is 17.2 Å². The van der Waals surface area contributed by atoms with Gasteiger partial charge in [-0.3, -0.25) is 4.79 Å². The topological polar surface area (TPSA) is 84.5 Å². The van der Waals surface area contributed by atoms with E-state index in [9.17, 15) is 26.4 Å². The maximum Gasteiger partial charge on any atom is 0.416 e. The van der Waals surface area contributed by atoms with Crippen LogP contribution in [0.5, 0.6) is 5.75 Å². The van der Waals surface area contributed by atoms with Gasteiger partial charge in [0.05, 0.1) is 23.0 Å². The number of carbonyl (C=O) groups is 1. The highest BCUT2D eigenvalue weighted by molar-refractivity contribution is 7.89. The number of carbonyl (C=O) groups excluding carboxylic acids is 1. The number of fused-ring (bicyclic) bond motifs is 1. The van der Waals surface area contributed by atoms with Crippen molar-refractivity contribution >= 4 is 15.9 Å². The number of ether oxygens (including phenoxy) is 1. The van der Waals surface area contributed by atoms with E-state index in [2.05, 4.69) is 5.32 Å². The minimum absolute atomic E-state index is 0.214. The van der Waals surface area contributed by atoms with Gasteiger partial charge in [0.15, 0.2) is 0 Å². The molecular formula is C17H15F3N2O4S. The summed E-state index contributed by atoms with van der Waals surface area (Å²) in [6, 6.07) is 9.96. The molecule has 1 aliphatic heterocycles. The van der Waals surface area contributed by atoms with Crippen LogP contribution in [0.25, 0.3) is 0 Å². The van der Waals surface area contributed by atoms with Gasteiger partial charge in [0.1, 0.15) is 12.4 Å². The number of benzene rings is 2. The monoisotopic (exact) mass is 400 g/mol. The van der Waals surface area contributed by atoms with Gasteiger partial charge in [-0.05, 0) is 24.3 Å². The lowest BCUT2D eigenvalue weighted by atomic mass is 10.1. The second-order valence-corrected chi connectivity index (χ2v) is 7.59. The van der Waals surface area contributed by atoms with Crippen LogP contribution >= 0.6 is 0 Å². The molecule has 6 nitrogen and oxygen atoms in total. The Bertz CT molecular complexity index is 961. The van der Waals surface area contributed by atoms with Gasteiger partial charge in [-0.1, -0.05) is 24.3 Å². The van der Waals surface area contributed by atoms with Gasteiger partial charge >= 0.3 is 6.18 Å². The number of alkyl halides is 3. The summed E-state index contributed by atoms with van der Waals surface area (Å²) in [6.45, 7) is -0.400. The number of hydrogen-bond acceptors (Lipinski definition) is 4. The molecule has 2 aromatic rings. The standard InChI is InChI=1S/C17H15F3N2O4S/c18-17(19,20)11-4-3-5-12(8-11)27(24,25)21-9-16(23)22-14-10-26-15-7-2-1-6-13(14)15/h1-8,14,21H,9-10H2,(H,22,23). The van der Waals surface area contributed by atoms with Crippen molar-refractivity contribution < 1.29 is 31.1 Å². The van der Waals surface area contributed by atoms with Crippen molar-refractivity contribution in [2.75, 3.05) is 13.2 Å². The smallest absolute Gasteiger partial charge is 0.416 e. The largest absolute Gasteiger partial charge is 0.491 e. The highest BCUT2D eigenvalue weighted by Gasteiger charge is 2.32. The van der Waals surface area contributed by atoms with Gasteiger partial charge in [0.25, 0.3) is 0 Å². The first-order valence-electron chi connectivity index (χ1n) is 7.85. The van der Waals surface area contributed by atoms with Crippen LogP contribution in [0.15, 0.2) is 53.4 Å². The van der Waals surface area contributed by atoms with Gasteiger partial charge < -0.3 is 10.1 Å². The molecule has 0 saturated carbocycles. The predicted octanol–water partition coefficient (Wildman–Crippen LogP) is 2.23. The number of nitrogens with one attached hydrogen (secondary N) is 2. The molecule has 0 fully saturated rings. The lowest BCUT2D eigenvalue weighted by Crippen LogP contribution is -2.39. The third kappa shape index (κ3) is 4.40. The number of halogens is 3. The molecule has 0 aromatic heterocycles. The second kappa shape index (κ2) is 7.20. The molecule has 2 N–H and O–H groups in total. The summed E-state index contributed by atoms with van der Waals surface area (Å²) in [5, 5.41) is 2.62. The minimum atomic E-state index is -4.67. The van der Waals surface area contributed by atoms with Crippen LogP contribution < -0.4 is 14.8 Å². The van der Waals surface area contributed by atoms with Gasteiger partial charge in [-0.25, -0.2) is 13.1 Å². The molecule has 0 spiro atoms. The van der Waals surface area contributed by atoms with Crippen molar-refractivity contribution in [1.82, 2.24) is 10.0 Å². The van der Waals surface area contributed by atoms with Gasteiger partial charge in [0.2, 0.25) is 15.9 Å². The summed E-state index contributed by atoms with van der Waals surface area (Å²) in [4.78, 5) is 11.5. The van der Waals surface area contributed by atoms with Crippen molar-refractivity contribution in [3.05, 3.63) is 59.7 Å². The number of hydrogen-bond donors (Lipinski definition) is 2.